The molecule has 0 bridgehead atoms. The van der Waals surface area contributed by atoms with Crippen molar-refractivity contribution in [2.45, 2.75) is 13.8 Å². The van der Waals surface area contributed by atoms with Crippen molar-refractivity contribution in [1.82, 2.24) is 15.0 Å². The van der Waals surface area contributed by atoms with Crippen molar-refractivity contribution in [3.63, 3.8) is 0 Å². The summed E-state index contributed by atoms with van der Waals surface area (Å²) in [4.78, 5) is 13.0. The van der Waals surface area contributed by atoms with Crippen LogP contribution in [0.4, 0.5) is 5.82 Å². The summed E-state index contributed by atoms with van der Waals surface area (Å²) >= 11 is 4.96. The van der Waals surface area contributed by atoms with E-state index in [4.69, 9.17) is 0 Å². The van der Waals surface area contributed by atoms with Crippen LogP contribution in [0.3, 0.4) is 0 Å². The van der Waals surface area contributed by atoms with Gasteiger partial charge in [0.2, 0.25) is 0 Å². The summed E-state index contributed by atoms with van der Waals surface area (Å²) in [5.41, 5.74) is 0.997. The van der Waals surface area contributed by atoms with Gasteiger partial charge in [0.15, 0.2) is 10.8 Å². The molecule has 0 fully saturated rings. The number of thiazole rings is 1. The van der Waals surface area contributed by atoms with Crippen molar-refractivity contribution >= 4 is 33.1 Å². The Kier molecular flexibility index (Phi) is 3.50. The van der Waals surface area contributed by atoms with Gasteiger partial charge in [0.1, 0.15) is 5.82 Å². The molecule has 0 radical (unpaired) electrons. The molecule has 2 heterocycles. The van der Waals surface area contributed by atoms with Crippen LogP contribution in [0.15, 0.2) is 16.0 Å². The van der Waals surface area contributed by atoms with Crippen LogP contribution in [0.25, 0.3) is 10.8 Å². The molecule has 2 rings (SSSR count). The SMILES string of the molecule is CCNc1nc(-c2nc(C)cs2)ncc1Br. The molecule has 2 aromatic heterocycles. The molecule has 0 saturated carbocycles. The predicted octanol–water partition coefficient (Wildman–Crippen LogP) is 3.10. The van der Waals surface area contributed by atoms with Crippen LogP contribution in [0.5, 0.6) is 0 Å². The predicted molar refractivity (Wildman–Crippen MR) is 69.7 cm³/mol. The minimum atomic E-state index is 0.664. The summed E-state index contributed by atoms with van der Waals surface area (Å²) in [7, 11) is 0. The van der Waals surface area contributed by atoms with Crippen molar-refractivity contribution in [3.05, 3.63) is 21.7 Å². The quantitative estimate of drug-likeness (QED) is 0.946. The second-order valence-corrected chi connectivity index (χ2v) is 4.93. The van der Waals surface area contributed by atoms with Crippen LogP contribution in [-0.2, 0) is 0 Å². The Morgan fingerprint density at radius 1 is 1.44 bits per heavy atom. The van der Waals surface area contributed by atoms with Crippen molar-refractivity contribution in [2.24, 2.45) is 0 Å². The van der Waals surface area contributed by atoms with Gasteiger partial charge in [-0.25, -0.2) is 15.0 Å². The zero-order valence-electron chi connectivity index (χ0n) is 8.99. The third-order valence-corrected chi connectivity index (χ3v) is 3.44. The minimum absolute atomic E-state index is 0.664. The Morgan fingerprint density at radius 3 is 2.88 bits per heavy atom. The van der Waals surface area contributed by atoms with E-state index in [9.17, 15) is 0 Å². The largest absolute Gasteiger partial charge is 0.369 e. The highest BCUT2D eigenvalue weighted by Crippen LogP contribution is 2.25. The van der Waals surface area contributed by atoms with E-state index < -0.39 is 0 Å². The van der Waals surface area contributed by atoms with Gasteiger partial charge in [-0.2, -0.15) is 0 Å². The van der Waals surface area contributed by atoms with Gasteiger partial charge in [-0.3, -0.25) is 0 Å². The Hall–Kier alpha value is -1.01. The zero-order valence-corrected chi connectivity index (χ0v) is 11.4. The third kappa shape index (κ3) is 2.38. The number of hydrogen-bond donors (Lipinski definition) is 1. The standard InChI is InChI=1S/C10H11BrN4S/c1-3-12-8-7(11)4-13-9(15-8)10-14-6(2)5-16-10/h4-5H,3H2,1-2H3,(H,12,13,15). The zero-order chi connectivity index (χ0) is 11.5. The lowest BCUT2D eigenvalue weighted by atomic mass is 10.5. The van der Waals surface area contributed by atoms with E-state index in [1.807, 2.05) is 19.2 Å². The van der Waals surface area contributed by atoms with Crippen LogP contribution in [0.1, 0.15) is 12.6 Å². The maximum absolute atomic E-state index is 4.42. The maximum atomic E-state index is 4.42. The van der Waals surface area contributed by atoms with Crippen LogP contribution in [0, 0.1) is 6.92 Å². The van der Waals surface area contributed by atoms with Crippen LogP contribution < -0.4 is 5.32 Å². The fraction of sp³-hybridized carbons (Fsp3) is 0.300. The van der Waals surface area contributed by atoms with Crippen molar-refractivity contribution in [2.75, 3.05) is 11.9 Å². The van der Waals surface area contributed by atoms with E-state index in [2.05, 4.69) is 36.2 Å². The number of rotatable bonds is 3. The highest BCUT2D eigenvalue weighted by molar-refractivity contribution is 9.10. The molecule has 0 unspecified atom stereocenters. The molecule has 84 valence electrons. The van der Waals surface area contributed by atoms with E-state index in [1.165, 1.54) is 0 Å². The minimum Gasteiger partial charge on any atom is -0.369 e. The fourth-order valence-electron chi connectivity index (χ4n) is 1.22. The van der Waals surface area contributed by atoms with Crippen LogP contribution in [-0.4, -0.2) is 21.5 Å². The van der Waals surface area contributed by atoms with E-state index in [0.29, 0.717) is 5.82 Å². The average Bonchev–Trinajstić information content (AvgIpc) is 2.69. The van der Waals surface area contributed by atoms with Gasteiger partial charge in [0.25, 0.3) is 0 Å². The van der Waals surface area contributed by atoms with Gasteiger partial charge in [-0.15, -0.1) is 11.3 Å². The topological polar surface area (TPSA) is 50.7 Å². The molecule has 6 heteroatoms. The first-order valence-corrected chi connectivity index (χ1v) is 6.57. The molecule has 0 aromatic carbocycles. The van der Waals surface area contributed by atoms with Gasteiger partial charge in [-0.1, -0.05) is 0 Å². The molecular weight excluding hydrogens is 288 g/mol. The molecular formula is C10H11BrN4S. The first-order valence-electron chi connectivity index (χ1n) is 4.89. The average molecular weight is 299 g/mol. The first-order chi connectivity index (χ1) is 7.70. The molecule has 4 nitrogen and oxygen atoms in total. The first kappa shape index (κ1) is 11.5. The summed E-state index contributed by atoms with van der Waals surface area (Å²) in [5.74, 6) is 1.47. The van der Waals surface area contributed by atoms with E-state index in [1.54, 1.807) is 17.5 Å². The molecule has 0 aliphatic heterocycles. The monoisotopic (exact) mass is 298 g/mol. The molecule has 16 heavy (non-hydrogen) atoms. The number of nitrogens with zero attached hydrogens (tertiary/aromatic N) is 3. The Labute approximate surface area is 106 Å². The van der Waals surface area contributed by atoms with Crippen LogP contribution in [0.2, 0.25) is 0 Å². The van der Waals surface area contributed by atoms with Crippen LogP contribution >= 0.6 is 27.3 Å². The van der Waals surface area contributed by atoms with E-state index in [0.717, 1.165) is 27.5 Å². The Morgan fingerprint density at radius 2 is 2.25 bits per heavy atom. The maximum Gasteiger partial charge on any atom is 0.190 e. The van der Waals surface area contributed by atoms with Crippen molar-refractivity contribution in [1.29, 1.82) is 0 Å². The van der Waals surface area contributed by atoms with Gasteiger partial charge in [0, 0.05) is 23.8 Å². The molecule has 0 atom stereocenters. The van der Waals surface area contributed by atoms with Crippen molar-refractivity contribution in [3.8, 4) is 10.8 Å². The van der Waals surface area contributed by atoms with E-state index in [-0.39, 0.29) is 0 Å². The van der Waals surface area contributed by atoms with Crippen molar-refractivity contribution < 1.29 is 0 Å². The van der Waals surface area contributed by atoms with Gasteiger partial charge in [-0.05, 0) is 29.8 Å². The third-order valence-electron chi connectivity index (χ3n) is 1.90. The number of aromatic nitrogens is 3. The molecule has 1 N–H and O–H groups in total. The highest BCUT2D eigenvalue weighted by atomic mass is 79.9. The summed E-state index contributed by atoms with van der Waals surface area (Å²) < 4.78 is 0.867. The lowest BCUT2D eigenvalue weighted by Crippen LogP contribution is -2.02. The normalized spacial score (nSPS) is 10.4. The second kappa shape index (κ2) is 4.88. The number of aryl methyl sites for hydroxylation is 1. The summed E-state index contributed by atoms with van der Waals surface area (Å²) in [6.45, 7) is 4.82. The van der Waals surface area contributed by atoms with Gasteiger partial charge in [0.05, 0.1) is 4.47 Å². The molecule has 0 amide bonds. The summed E-state index contributed by atoms with van der Waals surface area (Å²) in [6, 6.07) is 0. The lowest BCUT2D eigenvalue weighted by Gasteiger charge is -2.05. The smallest absolute Gasteiger partial charge is 0.190 e. The molecule has 0 aliphatic carbocycles. The fourth-order valence-corrected chi connectivity index (χ4v) is 2.28. The van der Waals surface area contributed by atoms with Gasteiger partial charge < -0.3 is 5.32 Å². The summed E-state index contributed by atoms with van der Waals surface area (Å²) in [5, 5.41) is 6.02. The highest BCUT2D eigenvalue weighted by Gasteiger charge is 2.09. The Bertz CT molecular complexity index is 497. The second-order valence-electron chi connectivity index (χ2n) is 3.21. The van der Waals surface area contributed by atoms with E-state index >= 15 is 0 Å². The Balaban J connectivity index is 2.39. The molecule has 2 aromatic rings. The number of nitrogens with one attached hydrogen (secondary N) is 1. The molecule has 0 saturated heterocycles. The lowest BCUT2D eigenvalue weighted by molar-refractivity contribution is 1.09. The molecule has 0 aliphatic rings. The summed E-state index contributed by atoms with van der Waals surface area (Å²) in [6.07, 6.45) is 1.75. The number of anilines is 1. The molecule has 0 spiro atoms. The number of hydrogen-bond acceptors (Lipinski definition) is 5. The number of halogens is 1. The van der Waals surface area contributed by atoms with Gasteiger partial charge >= 0.3 is 0 Å².